The van der Waals surface area contributed by atoms with Crippen LogP contribution >= 0.6 is 0 Å². The fraction of sp³-hybridized carbons (Fsp3) is 0.455. The third-order valence-corrected chi connectivity index (χ3v) is 5.72. The van der Waals surface area contributed by atoms with Gasteiger partial charge in [0.1, 0.15) is 11.8 Å². The van der Waals surface area contributed by atoms with E-state index in [1.54, 1.807) is 0 Å². The molecule has 2 aromatic rings. The number of aromatic amines is 1. The molecule has 1 atom stereocenters. The molecule has 1 fully saturated rings. The molecule has 3 N–H and O–H groups in total. The maximum Gasteiger partial charge on any atom is 0.244 e. The second-order valence-electron chi connectivity index (χ2n) is 7.56. The number of nitrogens with two attached hydrogens (primary N) is 1. The molecule has 6 nitrogen and oxygen atoms in total. The largest absolute Gasteiger partial charge is 0.494 e. The minimum Gasteiger partial charge on any atom is -0.494 e. The van der Waals surface area contributed by atoms with Gasteiger partial charge in [-0.2, -0.15) is 5.26 Å². The first kappa shape index (κ1) is 18.4. The summed E-state index contributed by atoms with van der Waals surface area (Å²) in [7, 11) is 0. The van der Waals surface area contributed by atoms with Gasteiger partial charge in [-0.3, -0.25) is 5.10 Å². The zero-order chi connectivity index (χ0) is 19.5. The monoisotopic (exact) mass is 378 g/mol. The Morgan fingerprint density at radius 1 is 1.25 bits per heavy atom. The lowest BCUT2D eigenvalue weighted by Crippen LogP contribution is -2.26. The molecular formula is C22H26N4O2. The highest BCUT2D eigenvalue weighted by atomic mass is 16.5. The lowest BCUT2D eigenvalue weighted by atomic mass is 9.72. The Kier molecular flexibility index (Phi) is 5.25. The molecule has 0 bridgehead atoms. The van der Waals surface area contributed by atoms with E-state index in [4.69, 9.17) is 15.2 Å². The number of nitrogens with zero attached hydrogens (tertiary/aromatic N) is 2. The van der Waals surface area contributed by atoms with Crippen LogP contribution in [0.1, 0.15) is 56.9 Å². The number of ether oxygens (including phenoxy) is 2. The van der Waals surface area contributed by atoms with Crippen LogP contribution < -0.4 is 15.2 Å². The van der Waals surface area contributed by atoms with Crippen LogP contribution in [-0.2, 0) is 0 Å². The molecule has 28 heavy (non-hydrogen) atoms. The van der Waals surface area contributed by atoms with Crippen molar-refractivity contribution in [1.82, 2.24) is 10.2 Å². The molecule has 0 amide bonds. The van der Waals surface area contributed by atoms with E-state index in [1.165, 1.54) is 19.3 Å². The Balaban J connectivity index is 1.73. The first-order chi connectivity index (χ1) is 13.7. The Morgan fingerprint density at radius 2 is 2.00 bits per heavy atom. The number of nitriles is 1. The molecular weight excluding hydrogens is 352 g/mol. The highest BCUT2D eigenvalue weighted by molar-refractivity contribution is 5.69. The van der Waals surface area contributed by atoms with Gasteiger partial charge >= 0.3 is 0 Å². The molecule has 2 heterocycles. The van der Waals surface area contributed by atoms with Gasteiger partial charge in [-0.1, -0.05) is 26.2 Å². The van der Waals surface area contributed by atoms with Gasteiger partial charge in [0.05, 0.1) is 23.4 Å². The van der Waals surface area contributed by atoms with Crippen LogP contribution in [0, 0.1) is 17.2 Å². The molecule has 1 aromatic carbocycles. The number of nitrogens with one attached hydrogen (secondary N) is 1. The number of benzene rings is 1. The minimum absolute atomic E-state index is 0.0705. The van der Waals surface area contributed by atoms with Crippen molar-refractivity contribution in [1.29, 1.82) is 5.26 Å². The molecule has 0 spiro atoms. The fourth-order valence-electron chi connectivity index (χ4n) is 4.38. The van der Waals surface area contributed by atoms with Gasteiger partial charge in [0.15, 0.2) is 0 Å². The maximum absolute atomic E-state index is 9.79. The van der Waals surface area contributed by atoms with Gasteiger partial charge in [-0.25, -0.2) is 0 Å². The molecule has 0 unspecified atom stereocenters. The normalized spacial score (nSPS) is 19.6. The van der Waals surface area contributed by atoms with E-state index in [0.717, 1.165) is 41.8 Å². The minimum atomic E-state index is -0.0705. The van der Waals surface area contributed by atoms with Gasteiger partial charge in [0.2, 0.25) is 11.8 Å². The smallest absolute Gasteiger partial charge is 0.244 e. The molecule has 1 aromatic heterocycles. The second-order valence-corrected chi connectivity index (χ2v) is 7.56. The topological polar surface area (TPSA) is 97.0 Å². The number of rotatable bonds is 5. The van der Waals surface area contributed by atoms with E-state index in [9.17, 15) is 5.26 Å². The van der Waals surface area contributed by atoms with Crippen molar-refractivity contribution < 1.29 is 9.47 Å². The summed E-state index contributed by atoms with van der Waals surface area (Å²) in [4.78, 5) is 0. The van der Waals surface area contributed by atoms with E-state index in [2.05, 4.69) is 23.2 Å². The van der Waals surface area contributed by atoms with Gasteiger partial charge in [0.25, 0.3) is 0 Å². The molecule has 0 saturated heterocycles. The number of hydrogen-bond acceptors (Lipinski definition) is 5. The van der Waals surface area contributed by atoms with Crippen LogP contribution in [0.2, 0.25) is 0 Å². The third kappa shape index (κ3) is 3.33. The van der Waals surface area contributed by atoms with Gasteiger partial charge < -0.3 is 15.2 Å². The van der Waals surface area contributed by atoms with Crippen molar-refractivity contribution in [2.45, 2.75) is 51.4 Å². The van der Waals surface area contributed by atoms with Crippen LogP contribution in [0.5, 0.6) is 11.6 Å². The van der Waals surface area contributed by atoms with E-state index < -0.39 is 0 Å². The van der Waals surface area contributed by atoms with Gasteiger partial charge in [-0.15, -0.1) is 5.10 Å². The van der Waals surface area contributed by atoms with E-state index >= 15 is 0 Å². The third-order valence-electron chi connectivity index (χ3n) is 5.72. The first-order valence-electron chi connectivity index (χ1n) is 10.1. The predicted molar refractivity (Wildman–Crippen MR) is 107 cm³/mol. The van der Waals surface area contributed by atoms with Crippen molar-refractivity contribution in [3.8, 4) is 29.0 Å². The zero-order valence-corrected chi connectivity index (χ0v) is 16.2. The number of fused-ring (bicyclic) bond motifs is 1. The second kappa shape index (κ2) is 7.97. The Bertz CT molecular complexity index is 902. The average molecular weight is 378 g/mol. The molecule has 1 aliphatic carbocycles. The maximum atomic E-state index is 9.79. The number of hydrogen-bond donors (Lipinski definition) is 2. The lowest BCUT2D eigenvalue weighted by molar-refractivity contribution is 0.297. The summed E-state index contributed by atoms with van der Waals surface area (Å²) in [5.74, 6) is 1.84. The first-order valence-corrected chi connectivity index (χ1v) is 10.1. The van der Waals surface area contributed by atoms with Crippen molar-refractivity contribution in [2.24, 2.45) is 11.7 Å². The van der Waals surface area contributed by atoms with E-state index in [1.807, 2.05) is 24.3 Å². The molecule has 4 rings (SSSR count). The highest BCUT2D eigenvalue weighted by Crippen LogP contribution is 2.49. The van der Waals surface area contributed by atoms with Crippen molar-refractivity contribution >= 4 is 0 Å². The fourth-order valence-corrected chi connectivity index (χ4v) is 4.38. The van der Waals surface area contributed by atoms with Crippen LogP contribution in [0.15, 0.2) is 35.7 Å². The van der Waals surface area contributed by atoms with Crippen molar-refractivity contribution in [2.75, 3.05) is 6.61 Å². The molecule has 146 valence electrons. The molecule has 6 heteroatoms. The predicted octanol–water partition coefficient (Wildman–Crippen LogP) is 4.62. The Labute approximate surface area is 165 Å². The van der Waals surface area contributed by atoms with Crippen LogP contribution in [0.25, 0.3) is 11.3 Å². The van der Waals surface area contributed by atoms with E-state index in [-0.39, 0.29) is 11.8 Å². The standard InChI is InChI=1S/C22H26N4O2/c1-2-12-27-16-10-8-15(9-11-16)20-19-18(14-6-4-3-5-7-14)17(13-23)21(24)28-22(19)26-25-20/h8-11,14,18H,2-7,12,24H2,1H3,(H,25,26)/t18-/m0/s1. The molecule has 0 radical (unpaired) electrons. The van der Waals surface area contributed by atoms with Gasteiger partial charge in [-0.05, 0) is 49.4 Å². The summed E-state index contributed by atoms with van der Waals surface area (Å²) >= 11 is 0. The highest BCUT2D eigenvalue weighted by Gasteiger charge is 2.39. The SMILES string of the molecule is CCCOc1ccc(-c2[nH]nc3c2[C@@H](C2CCCCC2)C(C#N)=C(N)O3)cc1. The summed E-state index contributed by atoms with van der Waals surface area (Å²) in [6, 6.07) is 10.3. The number of H-pyrrole nitrogens is 1. The quantitative estimate of drug-likeness (QED) is 0.791. The number of aromatic nitrogens is 2. The van der Waals surface area contributed by atoms with Crippen LogP contribution in [0.3, 0.4) is 0 Å². The Morgan fingerprint density at radius 3 is 2.68 bits per heavy atom. The van der Waals surface area contributed by atoms with Crippen molar-refractivity contribution in [3.05, 3.63) is 41.3 Å². The van der Waals surface area contributed by atoms with E-state index in [0.29, 0.717) is 24.0 Å². The summed E-state index contributed by atoms with van der Waals surface area (Å²) in [6.45, 7) is 2.79. The van der Waals surface area contributed by atoms with Crippen LogP contribution in [-0.4, -0.2) is 16.8 Å². The zero-order valence-electron chi connectivity index (χ0n) is 16.2. The average Bonchev–Trinajstić information content (AvgIpc) is 3.15. The summed E-state index contributed by atoms with van der Waals surface area (Å²) in [6.07, 6.45) is 6.79. The van der Waals surface area contributed by atoms with Gasteiger partial charge in [0, 0.05) is 11.5 Å². The summed E-state index contributed by atoms with van der Waals surface area (Å²) in [5, 5.41) is 17.3. The lowest BCUT2D eigenvalue weighted by Gasteiger charge is -2.33. The van der Waals surface area contributed by atoms with Crippen LogP contribution in [0.4, 0.5) is 0 Å². The van der Waals surface area contributed by atoms with Crippen molar-refractivity contribution in [3.63, 3.8) is 0 Å². The summed E-state index contributed by atoms with van der Waals surface area (Å²) in [5.41, 5.74) is 9.47. The summed E-state index contributed by atoms with van der Waals surface area (Å²) < 4.78 is 11.4. The molecule has 1 aliphatic heterocycles. The molecule has 1 saturated carbocycles. The molecule has 2 aliphatic rings. The number of allylic oxidation sites excluding steroid dienone is 1. The Hall–Kier alpha value is -2.94.